The molecule has 224 valence electrons. The van der Waals surface area contributed by atoms with E-state index in [0.29, 0.717) is 52.2 Å². The molecule has 1 N–H and O–H groups in total. The summed E-state index contributed by atoms with van der Waals surface area (Å²) in [5.41, 5.74) is -1.98. The van der Waals surface area contributed by atoms with Gasteiger partial charge in [-0.15, -0.1) is 13.2 Å². The molecule has 0 radical (unpaired) electrons. The van der Waals surface area contributed by atoms with E-state index in [2.05, 4.69) is 18.1 Å². The van der Waals surface area contributed by atoms with Crippen LogP contribution in [0.5, 0.6) is 0 Å². The van der Waals surface area contributed by atoms with Crippen molar-refractivity contribution in [2.24, 2.45) is 17.8 Å². The van der Waals surface area contributed by atoms with Crippen molar-refractivity contribution in [1.82, 2.24) is 19.6 Å². The molecular weight excluding hydrogens is 512 g/mol. The number of aliphatic hydroxyl groups is 1. The third-order valence-electron chi connectivity index (χ3n) is 9.79. The van der Waals surface area contributed by atoms with Gasteiger partial charge in [0.05, 0.1) is 43.3 Å². The molecule has 4 rings (SSSR count). The predicted octanol–water partition coefficient (Wildman–Crippen LogP) is 1.15. The van der Waals surface area contributed by atoms with Gasteiger partial charge in [0.1, 0.15) is 11.6 Å². The molecule has 40 heavy (non-hydrogen) atoms. The van der Waals surface area contributed by atoms with Gasteiger partial charge < -0.3 is 29.3 Å². The molecule has 10 nitrogen and oxygen atoms in total. The van der Waals surface area contributed by atoms with Crippen LogP contribution >= 0.6 is 0 Å². The van der Waals surface area contributed by atoms with Gasteiger partial charge in [-0.1, -0.05) is 32.4 Å². The second-order valence-electron chi connectivity index (χ2n) is 12.1. The second-order valence-corrected chi connectivity index (χ2v) is 12.1. The smallest absolute Gasteiger partial charge is 0.248 e. The van der Waals surface area contributed by atoms with Gasteiger partial charge in [-0.05, 0) is 25.7 Å². The molecular formula is C30H48N4O6. The van der Waals surface area contributed by atoms with Crippen molar-refractivity contribution in [2.75, 3.05) is 66.1 Å². The van der Waals surface area contributed by atoms with Crippen molar-refractivity contribution < 1.29 is 29.0 Å². The number of aliphatic hydroxyl groups excluding tert-OH is 1. The number of carbonyl (C=O) groups excluding carboxylic acids is 3. The minimum absolute atomic E-state index is 0.0499. The molecule has 0 aromatic carbocycles. The number of likely N-dealkylation sites (tertiary alicyclic amines) is 1. The van der Waals surface area contributed by atoms with E-state index >= 15 is 0 Å². The van der Waals surface area contributed by atoms with Crippen molar-refractivity contribution in [2.45, 2.75) is 63.3 Å². The first-order valence-electron chi connectivity index (χ1n) is 14.8. The molecule has 0 aromatic heterocycles. The number of carbonyl (C=O) groups is 3. The Hall–Kier alpha value is -2.27. The van der Waals surface area contributed by atoms with Crippen LogP contribution in [-0.4, -0.2) is 132 Å². The van der Waals surface area contributed by atoms with Crippen LogP contribution in [0.1, 0.15) is 40.0 Å². The van der Waals surface area contributed by atoms with Gasteiger partial charge in [0.2, 0.25) is 17.7 Å². The molecule has 4 aliphatic rings. The van der Waals surface area contributed by atoms with Crippen molar-refractivity contribution >= 4 is 17.7 Å². The number of morpholine rings is 1. The van der Waals surface area contributed by atoms with E-state index in [-0.39, 0.29) is 30.2 Å². The first kappa shape index (κ1) is 30.7. The third kappa shape index (κ3) is 5.12. The Labute approximate surface area is 238 Å². The van der Waals surface area contributed by atoms with E-state index in [4.69, 9.17) is 9.47 Å². The van der Waals surface area contributed by atoms with E-state index < -0.39 is 35.1 Å². The second kappa shape index (κ2) is 12.3. The van der Waals surface area contributed by atoms with E-state index in [0.717, 1.165) is 19.5 Å². The predicted molar refractivity (Wildman–Crippen MR) is 151 cm³/mol. The number of hydrogen-bond acceptors (Lipinski definition) is 7. The lowest BCUT2D eigenvalue weighted by molar-refractivity contribution is -0.157. The van der Waals surface area contributed by atoms with Gasteiger partial charge in [-0.3, -0.25) is 19.3 Å². The number of nitrogens with zero attached hydrogens (tertiary/aromatic N) is 4. The van der Waals surface area contributed by atoms with Crippen LogP contribution in [-0.2, 0) is 23.9 Å². The molecule has 3 amide bonds. The Morgan fingerprint density at radius 1 is 1.18 bits per heavy atom. The first-order chi connectivity index (χ1) is 19.1. The fraction of sp³-hybridized carbons (Fsp3) is 0.767. The highest BCUT2D eigenvalue weighted by molar-refractivity contribution is 5.99. The van der Waals surface area contributed by atoms with E-state index in [1.807, 2.05) is 20.8 Å². The molecule has 2 unspecified atom stereocenters. The molecule has 4 saturated heterocycles. The third-order valence-corrected chi connectivity index (χ3v) is 9.79. The largest absolute Gasteiger partial charge is 0.394 e. The fourth-order valence-electron chi connectivity index (χ4n) is 7.42. The summed E-state index contributed by atoms with van der Waals surface area (Å²) in [6.45, 7) is 18.1. The summed E-state index contributed by atoms with van der Waals surface area (Å²) in [6.07, 6.45) is 5.17. The zero-order valence-electron chi connectivity index (χ0n) is 24.7. The van der Waals surface area contributed by atoms with Crippen LogP contribution in [0.15, 0.2) is 25.3 Å². The lowest BCUT2D eigenvalue weighted by Gasteiger charge is -2.41. The lowest BCUT2D eigenvalue weighted by Crippen LogP contribution is -2.60. The number of fused-ring (bicyclic) bond motifs is 1. The Morgan fingerprint density at radius 3 is 2.45 bits per heavy atom. The normalized spacial score (nSPS) is 33.0. The Bertz CT molecular complexity index is 985. The Balaban J connectivity index is 1.74. The lowest BCUT2D eigenvalue weighted by atomic mass is 9.66. The standard InChI is InChI=1S/C30H48N4O6/c1-7-12-31(6)26(36)23-24-27(37)34(22(20-35)21(4)9-3)25(30(24)11-10-29(23,5)40-30)28(38)33(13-8-2)15-14-32-16-18-39-19-17-32/h7-8,21-25,35H,1-2,9-20H2,3-6H3/t21-,22-,23-,24-,25?,29+,30?/m0/s1. The van der Waals surface area contributed by atoms with Gasteiger partial charge in [0.25, 0.3) is 0 Å². The van der Waals surface area contributed by atoms with Crippen LogP contribution in [0, 0.1) is 17.8 Å². The Morgan fingerprint density at radius 2 is 1.85 bits per heavy atom. The van der Waals surface area contributed by atoms with Crippen LogP contribution in [0.3, 0.4) is 0 Å². The zero-order valence-corrected chi connectivity index (χ0v) is 24.7. The molecule has 4 fully saturated rings. The van der Waals surface area contributed by atoms with Crippen molar-refractivity contribution in [3.05, 3.63) is 25.3 Å². The average molecular weight is 561 g/mol. The zero-order chi connectivity index (χ0) is 29.2. The summed E-state index contributed by atoms with van der Waals surface area (Å²) in [5.74, 6) is -2.19. The summed E-state index contributed by atoms with van der Waals surface area (Å²) in [7, 11) is 1.71. The maximum Gasteiger partial charge on any atom is 0.248 e. The molecule has 0 aromatic rings. The maximum atomic E-state index is 14.6. The number of hydrogen-bond donors (Lipinski definition) is 1. The molecule has 4 heterocycles. The molecule has 1 spiro atoms. The van der Waals surface area contributed by atoms with Crippen molar-refractivity contribution in [3.63, 3.8) is 0 Å². The maximum absolute atomic E-state index is 14.6. The highest BCUT2D eigenvalue weighted by Gasteiger charge is 2.78. The van der Waals surface area contributed by atoms with Gasteiger partial charge in [0.15, 0.2) is 0 Å². The highest BCUT2D eigenvalue weighted by atomic mass is 16.5. The van der Waals surface area contributed by atoms with E-state index in [1.165, 1.54) is 0 Å². The van der Waals surface area contributed by atoms with Crippen LogP contribution in [0.2, 0.25) is 0 Å². The molecule has 2 bridgehead atoms. The summed E-state index contributed by atoms with van der Waals surface area (Å²) < 4.78 is 12.3. The van der Waals surface area contributed by atoms with Crippen molar-refractivity contribution in [3.8, 4) is 0 Å². The van der Waals surface area contributed by atoms with Gasteiger partial charge in [-0.2, -0.15) is 0 Å². The molecule has 7 atom stereocenters. The minimum Gasteiger partial charge on any atom is -0.394 e. The summed E-state index contributed by atoms with van der Waals surface area (Å²) in [5, 5.41) is 10.6. The van der Waals surface area contributed by atoms with Crippen molar-refractivity contribution in [1.29, 1.82) is 0 Å². The van der Waals surface area contributed by atoms with E-state index in [9.17, 15) is 19.5 Å². The monoisotopic (exact) mass is 560 g/mol. The van der Waals surface area contributed by atoms with Crippen LogP contribution in [0.25, 0.3) is 0 Å². The van der Waals surface area contributed by atoms with Gasteiger partial charge in [-0.25, -0.2) is 0 Å². The quantitative estimate of drug-likeness (QED) is 0.337. The number of rotatable bonds is 13. The number of amides is 3. The molecule has 4 aliphatic heterocycles. The van der Waals surface area contributed by atoms with Crippen LogP contribution < -0.4 is 0 Å². The highest BCUT2D eigenvalue weighted by Crippen LogP contribution is 2.64. The topological polar surface area (TPSA) is 103 Å². The molecule has 10 heteroatoms. The summed E-state index contributed by atoms with van der Waals surface area (Å²) in [6, 6.07) is -1.49. The van der Waals surface area contributed by atoms with Gasteiger partial charge >= 0.3 is 0 Å². The first-order valence-corrected chi connectivity index (χ1v) is 14.8. The Kier molecular flexibility index (Phi) is 9.44. The minimum atomic E-state index is -1.13. The molecule has 0 saturated carbocycles. The van der Waals surface area contributed by atoms with Gasteiger partial charge in [0, 0.05) is 46.3 Å². The summed E-state index contributed by atoms with van der Waals surface area (Å²) in [4.78, 5) is 50.1. The van der Waals surface area contributed by atoms with E-state index in [1.54, 1.807) is 33.9 Å². The fourth-order valence-corrected chi connectivity index (χ4v) is 7.42. The van der Waals surface area contributed by atoms with Crippen LogP contribution in [0.4, 0.5) is 0 Å². The number of likely N-dealkylation sites (N-methyl/N-ethyl adjacent to an activating group) is 1. The summed E-state index contributed by atoms with van der Waals surface area (Å²) >= 11 is 0. The average Bonchev–Trinajstić information content (AvgIpc) is 3.52. The SMILES string of the molecule is C=CCN(C)C(=O)[C@@H]1[C@H]2C(=O)N([C@@H](CO)[C@@H](C)CC)C(C(=O)N(CC=C)CCN3CCOCC3)C23CC[C@@]1(C)O3. The number of ether oxygens (including phenoxy) is 2. The molecule has 0 aliphatic carbocycles.